The maximum absolute atomic E-state index is 12.9. The number of furan rings is 1. The van der Waals surface area contributed by atoms with E-state index in [4.69, 9.17) is 4.42 Å². The number of rotatable bonds is 2. The molecule has 0 atom stereocenters. The van der Waals surface area contributed by atoms with Gasteiger partial charge in [0.1, 0.15) is 0 Å². The lowest BCUT2D eigenvalue weighted by Crippen LogP contribution is -2.47. The molecule has 0 radical (unpaired) electrons. The summed E-state index contributed by atoms with van der Waals surface area (Å²) in [5.41, 5.74) is 3.19. The van der Waals surface area contributed by atoms with Crippen molar-refractivity contribution in [3.8, 4) is 0 Å². The Bertz CT molecular complexity index is 685. The summed E-state index contributed by atoms with van der Waals surface area (Å²) in [4.78, 5) is 17.1. The Balaban J connectivity index is 1.56. The maximum atomic E-state index is 12.9. The van der Waals surface area contributed by atoms with Crippen molar-refractivity contribution in [3.05, 3.63) is 54.0 Å². The van der Waals surface area contributed by atoms with Crippen LogP contribution in [0.3, 0.4) is 0 Å². The highest BCUT2D eigenvalue weighted by Crippen LogP contribution is 2.47. The number of hydrogen-bond donors (Lipinski definition) is 0. The van der Waals surface area contributed by atoms with Crippen LogP contribution in [0.4, 0.5) is 5.69 Å². The molecule has 4 rings (SSSR count). The van der Waals surface area contributed by atoms with Crippen molar-refractivity contribution in [2.45, 2.75) is 24.8 Å². The van der Waals surface area contributed by atoms with Crippen LogP contribution in [0.2, 0.25) is 0 Å². The molecule has 0 bridgehead atoms. The first-order chi connectivity index (χ1) is 10.7. The van der Waals surface area contributed by atoms with Crippen molar-refractivity contribution < 1.29 is 9.21 Å². The lowest BCUT2D eigenvalue weighted by molar-refractivity contribution is -0.124. The van der Waals surface area contributed by atoms with Gasteiger partial charge in [0, 0.05) is 24.8 Å². The third-order valence-corrected chi connectivity index (χ3v) is 5.19. The van der Waals surface area contributed by atoms with Gasteiger partial charge in [-0.1, -0.05) is 18.2 Å². The van der Waals surface area contributed by atoms with Crippen molar-refractivity contribution in [2.24, 2.45) is 0 Å². The summed E-state index contributed by atoms with van der Waals surface area (Å²) < 4.78 is 5.14. The maximum Gasteiger partial charge on any atom is 0.237 e. The van der Waals surface area contributed by atoms with Gasteiger partial charge in [0.05, 0.1) is 17.9 Å². The van der Waals surface area contributed by atoms with E-state index in [0.29, 0.717) is 0 Å². The quantitative estimate of drug-likeness (QED) is 0.855. The molecule has 0 N–H and O–H groups in total. The fourth-order valence-electron chi connectivity index (χ4n) is 3.93. The molecule has 4 heteroatoms. The number of anilines is 1. The minimum Gasteiger partial charge on any atom is -0.472 e. The van der Waals surface area contributed by atoms with Crippen LogP contribution in [0, 0.1) is 0 Å². The zero-order chi connectivity index (χ0) is 15.2. The van der Waals surface area contributed by atoms with Crippen LogP contribution in [-0.4, -0.2) is 30.9 Å². The summed E-state index contributed by atoms with van der Waals surface area (Å²) >= 11 is 0. The number of para-hydroxylation sites is 1. The molecule has 2 aliphatic heterocycles. The van der Waals surface area contributed by atoms with Crippen molar-refractivity contribution in [2.75, 3.05) is 25.0 Å². The average molecular weight is 296 g/mol. The smallest absolute Gasteiger partial charge is 0.237 e. The molecule has 1 saturated heterocycles. The largest absolute Gasteiger partial charge is 0.472 e. The van der Waals surface area contributed by atoms with Crippen LogP contribution in [0.15, 0.2) is 47.3 Å². The SMILES string of the molecule is CN1C(=O)C2(CCN(Cc3ccoc3)CC2)c2ccccc21. The predicted octanol–water partition coefficient (Wildman–Crippen LogP) is 2.79. The van der Waals surface area contributed by atoms with Crippen molar-refractivity contribution in [1.82, 2.24) is 4.90 Å². The highest BCUT2D eigenvalue weighted by Gasteiger charge is 2.50. The van der Waals surface area contributed by atoms with Gasteiger partial charge in [-0.05, 0) is 43.6 Å². The first-order valence-electron chi connectivity index (χ1n) is 7.82. The Morgan fingerprint density at radius 2 is 1.95 bits per heavy atom. The van der Waals surface area contributed by atoms with Gasteiger partial charge < -0.3 is 9.32 Å². The standard InChI is InChI=1S/C18H20N2O2/c1-19-16-5-3-2-4-15(16)18(17(19)21)7-9-20(10-8-18)12-14-6-11-22-13-14/h2-6,11,13H,7-10,12H2,1H3. The van der Waals surface area contributed by atoms with E-state index in [1.165, 1.54) is 11.1 Å². The number of benzene rings is 1. The van der Waals surface area contributed by atoms with Crippen molar-refractivity contribution in [1.29, 1.82) is 0 Å². The molecule has 2 aliphatic rings. The monoisotopic (exact) mass is 296 g/mol. The summed E-state index contributed by atoms with van der Waals surface area (Å²) in [5, 5.41) is 0. The van der Waals surface area contributed by atoms with Gasteiger partial charge in [0.25, 0.3) is 0 Å². The zero-order valence-electron chi connectivity index (χ0n) is 12.8. The highest BCUT2D eigenvalue weighted by atomic mass is 16.3. The Labute approximate surface area is 130 Å². The van der Waals surface area contributed by atoms with E-state index in [2.05, 4.69) is 17.0 Å². The van der Waals surface area contributed by atoms with Gasteiger partial charge in [0.2, 0.25) is 5.91 Å². The molecule has 4 nitrogen and oxygen atoms in total. The lowest BCUT2D eigenvalue weighted by Gasteiger charge is -2.38. The number of piperidine rings is 1. The third kappa shape index (κ3) is 1.91. The van der Waals surface area contributed by atoms with E-state index in [1.807, 2.05) is 30.1 Å². The average Bonchev–Trinajstić information content (AvgIpc) is 3.13. The van der Waals surface area contributed by atoms with E-state index in [0.717, 1.165) is 38.2 Å². The first kappa shape index (κ1) is 13.6. The van der Waals surface area contributed by atoms with Crippen molar-refractivity contribution in [3.63, 3.8) is 0 Å². The van der Waals surface area contributed by atoms with Gasteiger partial charge >= 0.3 is 0 Å². The van der Waals surface area contributed by atoms with Crippen LogP contribution >= 0.6 is 0 Å². The van der Waals surface area contributed by atoms with Gasteiger partial charge in [-0.15, -0.1) is 0 Å². The molecule has 1 amide bonds. The highest BCUT2D eigenvalue weighted by molar-refractivity contribution is 6.07. The molecule has 1 fully saturated rings. The number of hydrogen-bond acceptors (Lipinski definition) is 3. The minimum absolute atomic E-state index is 0.261. The van der Waals surface area contributed by atoms with Crippen LogP contribution in [0.1, 0.15) is 24.0 Å². The molecule has 1 spiro atoms. The topological polar surface area (TPSA) is 36.7 Å². The molecule has 0 unspecified atom stereocenters. The summed E-state index contributed by atoms with van der Waals surface area (Å²) in [6.45, 7) is 2.79. The molecular weight excluding hydrogens is 276 g/mol. The zero-order valence-corrected chi connectivity index (χ0v) is 12.8. The second kappa shape index (κ2) is 4.99. The number of carbonyl (C=O) groups is 1. The fraction of sp³-hybridized carbons (Fsp3) is 0.389. The second-order valence-electron chi connectivity index (χ2n) is 6.37. The van der Waals surface area contributed by atoms with E-state index in [9.17, 15) is 4.79 Å². The molecule has 2 aromatic rings. The summed E-state index contributed by atoms with van der Waals surface area (Å²) in [5.74, 6) is 0.261. The number of likely N-dealkylation sites (tertiary alicyclic amines) is 1. The molecule has 1 aromatic carbocycles. The molecule has 114 valence electrons. The fourth-order valence-corrected chi connectivity index (χ4v) is 3.93. The summed E-state index contributed by atoms with van der Waals surface area (Å²) in [6, 6.07) is 10.2. The Kier molecular flexibility index (Phi) is 3.08. The molecule has 22 heavy (non-hydrogen) atoms. The van der Waals surface area contributed by atoms with Crippen LogP contribution in [-0.2, 0) is 16.8 Å². The second-order valence-corrected chi connectivity index (χ2v) is 6.37. The minimum atomic E-state index is -0.307. The summed E-state index contributed by atoms with van der Waals surface area (Å²) in [7, 11) is 1.90. The van der Waals surface area contributed by atoms with Gasteiger partial charge in [-0.25, -0.2) is 0 Å². The normalized spacial score (nSPS) is 20.6. The van der Waals surface area contributed by atoms with Crippen LogP contribution in [0.5, 0.6) is 0 Å². The molecule has 3 heterocycles. The number of fused-ring (bicyclic) bond motifs is 2. The van der Waals surface area contributed by atoms with Gasteiger partial charge in [-0.3, -0.25) is 9.69 Å². The van der Waals surface area contributed by atoms with E-state index >= 15 is 0 Å². The Morgan fingerprint density at radius 1 is 1.18 bits per heavy atom. The van der Waals surface area contributed by atoms with E-state index in [-0.39, 0.29) is 11.3 Å². The lowest BCUT2D eigenvalue weighted by atomic mass is 9.73. The predicted molar refractivity (Wildman–Crippen MR) is 84.7 cm³/mol. The number of amides is 1. The van der Waals surface area contributed by atoms with E-state index in [1.54, 1.807) is 12.5 Å². The van der Waals surface area contributed by atoms with Crippen LogP contribution < -0.4 is 4.90 Å². The number of nitrogens with zero attached hydrogens (tertiary/aromatic N) is 2. The van der Waals surface area contributed by atoms with Gasteiger partial charge in [-0.2, -0.15) is 0 Å². The molecule has 1 aromatic heterocycles. The van der Waals surface area contributed by atoms with Gasteiger partial charge in [0.15, 0.2) is 0 Å². The summed E-state index contributed by atoms with van der Waals surface area (Å²) in [6.07, 6.45) is 5.30. The van der Waals surface area contributed by atoms with Crippen molar-refractivity contribution >= 4 is 11.6 Å². The number of likely N-dealkylation sites (N-methyl/N-ethyl adjacent to an activating group) is 1. The Morgan fingerprint density at radius 3 is 2.68 bits per heavy atom. The van der Waals surface area contributed by atoms with E-state index < -0.39 is 0 Å². The third-order valence-electron chi connectivity index (χ3n) is 5.19. The molecular formula is C18H20N2O2. The first-order valence-corrected chi connectivity index (χ1v) is 7.82. The Hall–Kier alpha value is -2.07. The molecule has 0 saturated carbocycles. The van der Waals surface area contributed by atoms with Crippen LogP contribution in [0.25, 0.3) is 0 Å². The molecule has 0 aliphatic carbocycles. The number of carbonyl (C=O) groups excluding carboxylic acids is 1.